The molecule has 1 aromatic heterocycles. The summed E-state index contributed by atoms with van der Waals surface area (Å²) in [6, 6.07) is 7.51. The number of piperazine rings is 1. The van der Waals surface area contributed by atoms with Crippen LogP contribution in [0, 0.1) is 12.7 Å². The number of nitrogens with one attached hydrogen (secondary N) is 2. The third-order valence-corrected chi connectivity index (χ3v) is 5.09. The van der Waals surface area contributed by atoms with E-state index < -0.39 is 12.1 Å². The van der Waals surface area contributed by atoms with Crippen LogP contribution in [-0.2, 0) is 4.74 Å². The molecule has 0 aliphatic carbocycles. The summed E-state index contributed by atoms with van der Waals surface area (Å²) >= 11 is 0. The third kappa shape index (κ3) is 6.07. The van der Waals surface area contributed by atoms with Crippen molar-refractivity contribution in [3.63, 3.8) is 0 Å². The van der Waals surface area contributed by atoms with E-state index in [1.807, 2.05) is 17.9 Å². The molecule has 0 bridgehead atoms. The Balaban J connectivity index is 1.61. The van der Waals surface area contributed by atoms with E-state index >= 15 is 0 Å². The average Bonchev–Trinajstić information content (AvgIpc) is 2.75. The highest BCUT2D eigenvalue weighted by Gasteiger charge is 2.23. The Morgan fingerprint density at radius 2 is 1.94 bits per heavy atom. The lowest BCUT2D eigenvalue weighted by Gasteiger charge is -2.35. The normalized spacial score (nSPS) is 14.7. The third-order valence-electron chi connectivity index (χ3n) is 5.09. The largest absolute Gasteiger partial charge is 0.450 e. The van der Waals surface area contributed by atoms with Gasteiger partial charge < -0.3 is 25.2 Å². The molecule has 1 saturated heterocycles. The summed E-state index contributed by atoms with van der Waals surface area (Å²) in [5, 5.41) is 5.54. The predicted octanol–water partition coefficient (Wildman–Crippen LogP) is 3.69. The zero-order chi connectivity index (χ0) is 22.4. The molecule has 2 heterocycles. The van der Waals surface area contributed by atoms with Crippen molar-refractivity contribution in [2.24, 2.45) is 0 Å². The molecule has 1 fully saturated rings. The average molecular weight is 429 g/mol. The van der Waals surface area contributed by atoms with Gasteiger partial charge >= 0.3 is 12.1 Å². The van der Waals surface area contributed by atoms with Crippen molar-refractivity contribution in [3.8, 4) is 0 Å². The first-order valence-electron chi connectivity index (χ1n) is 10.3. The number of rotatable bonds is 5. The number of halogens is 1. The fourth-order valence-electron chi connectivity index (χ4n) is 3.38. The molecular weight excluding hydrogens is 401 g/mol. The van der Waals surface area contributed by atoms with E-state index in [4.69, 9.17) is 4.74 Å². The number of pyridine rings is 1. The molecule has 1 unspecified atom stereocenters. The van der Waals surface area contributed by atoms with E-state index in [9.17, 15) is 14.0 Å². The molecule has 1 aromatic carbocycles. The number of carbonyl (C=O) groups excluding carboxylic acids is 2. The topological polar surface area (TPSA) is 86.8 Å². The first-order chi connectivity index (χ1) is 14.9. The second kappa shape index (κ2) is 10.1. The number of urea groups is 1. The van der Waals surface area contributed by atoms with Crippen LogP contribution in [0.25, 0.3) is 0 Å². The van der Waals surface area contributed by atoms with Gasteiger partial charge in [0.1, 0.15) is 5.82 Å². The van der Waals surface area contributed by atoms with Gasteiger partial charge in [-0.15, -0.1) is 0 Å². The van der Waals surface area contributed by atoms with Crippen molar-refractivity contribution in [1.29, 1.82) is 0 Å². The number of hydrogen-bond donors (Lipinski definition) is 2. The SMILES string of the molecule is CCOC(=O)N1CCN(c2cc(F)cc(C(C)NC(=O)Nc3ccc(C)nc3)c2)CC1. The van der Waals surface area contributed by atoms with Crippen molar-refractivity contribution < 1.29 is 18.7 Å². The molecule has 166 valence electrons. The van der Waals surface area contributed by atoms with Gasteiger partial charge in [-0.1, -0.05) is 0 Å². The maximum Gasteiger partial charge on any atom is 0.409 e. The molecule has 3 rings (SSSR count). The lowest BCUT2D eigenvalue weighted by molar-refractivity contribution is 0.105. The number of carbonyl (C=O) groups is 2. The van der Waals surface area contributed by atoms with Crippen molar-refractivity contribution in [1.82, 2.24) is 15.2 Å². The van der Waals surface area contributed by atoms with E-state index in [2.05, 4.69) is 15.6 Å². The molecule has 9 heteroatoms. The van der Waals surface area contributed by atoms with E-state index in [0.717, 1.165) is 11.4 Å². The summed E-state index contributed by atoms with van der Waals surface area (Å²) < 4.78 is 19.4. The fourth-order valence-corrected chi connectivity index (χ4v) is 3.38. The first-order valence-corrected chi connectivity index (χ1v) is 10.3. The van der Waals surface area contributed by atoms with Gasteiger partial charge in [0.25, 0.3) is 0 Å². The Morgan fingerprint density at radius 3 is 2.58 bits per heavy atom. The monoisotopic (exact) mass is 429 g/mol. The zero-order valence-electron chi connectivity index (χ0n) is 18.0. The number of anilines is 2. The molecule has 1 aliphatic rings. The van der Waals surface area contributed by atoms with Crippen LogP contribution < -0.4 is 15.5 Å². The van der Waals surface area contributed by atoms with Gasteiger partial charge in [-0.2, -0.15) is 0 Å². The molecule has 0 radical (unpaired) electrons. The van der Waals surface area contributed by atoms with Gasteiger partial charge in [0.2, 0.25) is 0 Å². The highest BCUT2D eigenvalue weighted by atomic mass is 19.1. The quantitative estimate of drug-likeness (QED) is 0.757. The van der Waals surface area contributed by atoms with E-state index in [0.29, 0.717) is 44.0 Å². The van der Waals surface area contributed by atoms with Crippen LogP contribution in [0.2, 0.25) is 0 Å². The number of hydrogen-bond acceptors (Lipinski definition) is 5. The second-order valence-electron chi connectivity index (χ2n) is 7.42. The molecule has 0 saturated carbocycles. The second-order valence-corrected chi connectivity index (χ2v) is 7.42. The minimum atomic E-state index is -0.409. The van der Waals surface area contributed by atoms with Gasteiger partial charge in [0, 0.05) is 37.6 Å². The lowest BCUT2D eigenvalue weighted by atomic mass is 10.1. The van der Waals surface area contributed by atoms with Crippen LogP contribution in [0.4, 0.5) is 25.4 Å². The van der Waals surface area contributed by atoms with Crippen molar-refractivity contribution in [3.05, 3.63) is 53.6 Å². The highest BCUT2D eigenvalue weighted by molar-refractivity contribution is 5.89. The van der Waals surface area contributed by atoms with Gasteiger partial charge in [-0.25, -0.2) is 14.0 Å². The van der Waals surface area contributed by atoms with Crippen molar-refractivity contribution >= 4 is 23.5 Å². The standard InChI is InChI=1S/C22H28FN5O3/c1-4-31-22(30)28-9-7-27(8-10-28)20-12-17(11-18(23)13-20)16(3)25-21(29)26-19-6-5-15(2)24-14-19/h5-6,11-14,16H,4,7-10H2,1-3H3,(H2,25,26,29). The molecule has 0 spiro atoms. The Morgan fingerprint density at radius 1 is 1.19 bits per heavy atom. The Labute approximate surface area is 181 Å². The van der Waals surface area contributed by atoms with Gasteiger partial charge in [0.15, 0.2) is 0 Å². The summed E-state index contributed by atoms with van der Waals surface area (Å²) in [7, 11) is 0. The molecule has 2 N–H and O–H groups in total. The molecular formula is C22H28FN5O3. The van der Waals surface area contributed by atoms with E-state index in [-0.39, 0.29) is 11.9 Å². The van der Waals surface area contributed by atoms with Gasteiger partial charge in [-0.05, 0) is 56.7 Å². The Kier molecular flexibility index (Phi) is 7.28. The van der Waals surface area contributed by atoms with Crippen molar-refractivity contribution in [2.75, 3.05) is 43.0 Å². The molecule has 31 heavy (non-hydrogen) atoms. The Hall–Kier alpha value is -3.36. The summed E-state index contributed by atoms with van der Waals surface area (Å²) in [6.07, 6.45) is 1.25. The van der Waals surface area contributed by atoms with Gasteiger partial charge in [-0.3, -0.25) is 4.98 Å². The van der Waals surface area contributed by atoms with Crippen molar-refractivity contribution in [2.45, 2.75) is 26.8 Å². The predicted molar refractivity (Wildman–Crippen MR) is 117 cm³/mol. The van der Waals surface area contributed by atoms with Crippen LogP contribution in [0.5, 0.6) is 0 Å². The highest BCUT2D eigenvalue weighted by Crippen LogP contribution is 2.24. The van der Waals surface area contributed by atoms with Crippen LogP contribution >= 0.6 is 0 Å². The number of ether oxygens (including phenoxy) is 1. The van der Waals surface area contributed by atoms with Crippen LogP contribution in [0.15, 0.2) is 36.5 Å². The molecule has 3 amide bonds. The number of nitrogens with zero attached hydrogens (tertiary/aromatic N) is 3. The summed E-state index contributed by atoms with van der Waals surface area (Å²) in [4.78, 5) is 32.0. The van der Waals surface area contributed by atoms with Crippen LogP contribution in [-0.4, -0.2) is 54.8 Å². The maximum absolute atomic E-state index is 14.3. The fraction of sp³-hybridized carbons (Fsp3) is 0.409. The zero-order valence-corrected chi connectivity index (χ0v) is 18.0. The number of amides is 3. The molecule has 1 atom stereocenters. The first kappa shape index (κ1) is 22.3. The number of benzene rings is 1. The number of aromatic nitrogens is 1. The lowest BCUT2D eigenvalue weighted by Crippen LogP contribution is -2.49. The van der Waals surface area contributed by atoms with Crippen LogP contribution in [0.1, 0.15) is 31.1 Å². The number of aryl methyl sites for hydroxylation is 1. The van der Waals surface area contributed by atoms with E-state index in [1.165, 1.54) is 12.1 Å². The molecule has 2 aromatic rings. The maximum atomic E-state index is 14.3. The van der Waals surface area contributed by atoms with Crippen LogP contribution in [0.3, 0.4) is 0 Å². The van der Waals surface area contributed by atoms with Gasteiger partial charge in [0.05, 0.1) is 24.5 Å². The molecule has 1 aliphatic heterocycles. The smallest absolute Gasteiger partial charge is 0.409 e. The minimum Gasteiger partial charge on any atom is -0.450 e. The summed E-state index contributed by atoms with van der Waals surface area (Å²) in [5.74, 6) is -0.378. The molecule has 8 nitrogen and oxygen atoms in total. The Bertz CT molecular complexity index is 914. The minimum absolute atomic E-state index is 0.324. The van der Waals surface area contributed by atoms with E-state index in [1.54, 1.807) is 37.1 Å². The summed E-state index contributed by atoms with van der Waals surface area (Å²) in [6.45, 7) is 7.93. The summed E-state index contributed by atoms with van der Waals surface area (Å²) in [5.41, 5.74) is 2.81.